The number of hydrogen-bond donors (Lipinski definition) is 3. The number of fused-ring (bicyclic) bond motifs is 1. The number of benzene rings is 2. The van der Waals surface area contributed by atoms with Gasteiger partial charge in [-0.05, 0) is 54.4 Å². The number of anilines is 3. The van der Waals surface area contributed by atoms with E-state index in [0.29, 0.717) is 5.69 Å². The number of nitrogens with one attached hydrogen (secondary N) is 3. The molecule has 4 nitrogen and oxygen atoms in total. The van der Waals surface area contributed by atoms with Crippen LogP contribution >= 0.6 is 0 Å². The fourth-order valence-electron chi connectivity index (χ4n) is 2.21. The number of carbonyl (C=O) groups is 1. The topological polar surface area (TPSA) is 53.2 Å². The van der Waals surface area contributed by atoms with E-state index in [1.165, 1.54) is 29.8 Å². The van der Waals surface area contributed by atoms with Crippen LogP contribution in [0.1, 0.15) is 5.56 Å². The summed E-state index contributed by atoms with van der Waals surface area (Å²) < 4.78 is 12.8. The maximum absolute atomic E-state index is 12.8. The zero-order valence-corrected chi connectivity index (χ0v) is 10.7. The van der Waals surface area contributed by atoms with Gasteiger partial charge in [-0.3, -0.25) is 0 Å². The molecule has 0 saturated carbocycles. The van der Waals surface area contributed by atoms with Crippen LogP contribution in [-0.2, 0) is 6.42 Å². The van der Waals surface area contributed by atoms with Crippen molar-refractivity contribution in [3.05, 3.63) is 53.8 Å². The lowest BCUT2D eigenvalue weighted by Gasteiger charge is -2.09. The molecular formula is C15H14FN3O. The van der Waals surface area contributed by atoms with E-state index >= 15 is 0 Å². The Hall–Kier alpha value is -2.56. The van der Waals surface area contributed by atoms with Gasteiger partial charge in [0.2, 0.25) is 0 Å². The summed E-state index contributed by atoms with van der Waals surface area (Å²) in [6, 6.07) is 11.1. The van der Waals surface area contributed by atoms with E-state index < -0.39 is 0 Å². The Balaban J connectivity index is 1.65. The lowest BCUT2D eigenvalue weighted by atomic mass is 10.1. The maximum atomic E-state index is 12.8. The molecule has 2 amide bonds. The highest BCUT2D eigenvalue weighted by Crippen LogP contribution is 2.25. The van der Waals surface area contributed by atoms with Gasteiger partial charge in [0.15, 0.2) is 0 Å². The summed E-state index contributed by atoms with van der Waals surface area (Å²) in [4.78, 5) is 11.8. The monoisotopic (exact) mass is 271 g/mol. The van der Waals surface area contributed by atoms with Crippen molar-refractivity contribution < 1.29 is 9.18 Å². The molecule has 0 spiro atoms. The number of halogens is 1. The Morgan fingerprint density at radius 1 is 1.05 bits per heavy atom. The van der Waals surface area contributed by atoms with Crippen LogP contribution in [0.2, 0.25) is 0 Å². The number of hydrogen-bond acceptors (Lipinski definition) is 2. The van der Waals surface area contributed by atoms with Crippen molar-refractivity contribution in [3.63, 3.8) is 0 Å². The average molecular weight is 271 g/mol. The zero-order valence-electron chi connectivity index (χ0n) is 10.7. The van der Waals surface area contributed by atoms with Gasteiger partial charge in [-0.2, -0.15) is 0 Å². The summed E-state index contributed by atoms with van der Waals surface area (Å²) in [5.74, 6) is -0.331. The molecule has 0 aromatic heterocycles. The van der Waals surface area contributed by atoms with Gasteiger partial charge in [-0.25, -0.2) is 9.18 Å². The van der Waals surface area contributed by atoms with Crippen molar-refractivity contribution in [2.24, 2.45) is 0 Å². The van der Waals surface area contributed by atoms with Crippen molar-refractivity contribution in [2.75, 3.05) is 22.5 Å². The smallest absolute Gasteiger partial charge is 0.323 e. The van der Waals surface area contributed by atoms with Crippen molar-refractivity contribution >= 4 is 23.1 Å². The van der Waals surface area contributed by atoms with Crippen molar-refractivity contribution in [1.29, 1.82) is 0 Å². The fraction of sp³-hybridized carbons (Fsp3) is 0.133. The van der Waals surface area contributed by atoms with Crippen molar-refractivity contribution in [2.45, 2.75) is 6.42 Å². The minimum Gasteiger partial charge on any atom is -0.384 e. The van der Waals surface area contributed by atoms with Crippen molar-refractivity contribution in [1.82, 2.24) is 0 Å². The Bertz CT molecular complexity index is 640. The van der Waals surface area contributed by atoms with Gasteiger partial charge in [0.1, 0.15) is 5.82 Å². The Morgan fingerprint density at radius 2 is 1.75 bits per heavy atom. The second-order valence-corrected chi connectivity index (χ2v) is 4.63. The van der Waals surface area contributed by atoms with Crippen LogP contribution in [0.3, 0.4) is 0 Å². The summed E-state index contributed by atoms with van der Waals surface area (Å²) in [5.41, 5.74) is 3.61. The van der Waals surface area contributed by atoms with E-state index in [2.05, 4.69) is 16.0 Å². The number of carbonyl (C=O) groups excluding carboxylic acids is 1. The fourth-order valence-corrected chi connectivity index (χ4v) is 2.21. The lowest BCUT2D eigenvalue weighted by molar-refractivity contribution is 0.262. The first-order valence-electron chi connectivity index (χ1n) is 6.41. The second-order valence-electron chi connectivity index (χ2n) is 4.63. The molecule has 102 valence electrons. The third-order valence-corrected chi connectivity index (χ3v) is 3.17. The molecule has 5 heteroatoms. The van der Waals surface area contributed by atoms with Gasteiger partial charge in [-0.1, -0.05) is 0 Å². The summed E-state index contributed by atoms with van der Waals surface area (Å²) in [7, 11) is 0. The molecule has 2 aromatic carbocycles. The van der Waals surface area contributed by atoms with Crippen LogP contribution in [0.25, 0.3) is 0 Å². The molecule has 0 fully saturated rings. The molecule has 0 bridgehead atoms. The predicted octanol–water partition coefficient (Wildman–Crippen LogP) is 3.44. The van der Waals surface area contributed by atoms with Gasteiger partial charge in [0, 0.05) is 23.6 Å². The Labute approximate surface area is 116 Å². The zero-order chi connectivity index (χ0) is 13.9. The van der Waals surface area contributed by atoms with Gasteiger partial charge >= 0.3 is 6.03 Å². The third kappa shape index (κ3) is 2.71. The van der Waals surface area contributed by atoms with Crippen LogP contribution < -0.4 is 16.0 Å². The van der Waals surface area contributed by atoms with Crippen LogP contribution in [-0.4, -0.2) is 12.6 Å². The molecule has 1 aliphatic rings. The van der Waals surface area contributed by atoms with E-state index in [4.69, 9.17) is 0 Å². The lowest BCUT2D eigenvalue weighted by Crippen LogP contribution is -2.19. The molecule has 3 rings (SSSR count). The molecule has 20 heavy (non-hydrogen) atoms. The number of rotatable bonds is 2. The first kappa shape index (κ1) is 12.5. The first-order chi connectivity index (χ1) is 9.70. The highest BCUT2D eigenvalue weighted by Gasteiger charge is 2.11. The summed E-state index contributed by atoms with van der Waals surface area (Å²) in [6.45, 7) is 0.931. The largest absolute Gasteiger partial charge is 0.384 e. The molecule has 0 aliphatic carbocycles. The standard InChI is InChI=1S/C15H14FN3O/c16-11-1-3-12(4-2-11)18-15(20)19-13-5-6-14-10(9-13)7-8-17-14/h1-6,9,17H,7-8H2,(H2,18,19,20). The van der Waals surface area contributed by atoms with Gasteiger partial charge in [0.05, 0.1) is 0 Å². The Morgan fingerprint density at radius 3 is 2.55 bits per heavy atom. The average Bonchev–Trinajstić information content (AvgIpc) is 2.89. The van der Waals surface area contributed by atoms with Crippen LogP contribution in [0, 0.1) is 5.82 Å². The molecule has 0 radical (unpaired) electrons. The molecule has 3 N–H and O–H groups in total. The maximum Gasteiger partial charge on any atom is 0.323 e. The summed E-state index contributed by atoms with van der Waals surface area (Å²) >= 11 is 0. The summed E-state index contributed by atoms with van der Waals surface area (Å²) in [5, 5.41) is 8.68. The van der Waals surface area contributed by atoms with E-state index in [9.17, 15) is 9.18 Å². The molecule has 0 atom stereocenters. The highest BCUT2D eigenvalue weighted by molar-refractivity contribution is 5.99. The third-order valence-electron chi connectivity index (χ3n) is 3.17. The summed E-state index contributed by atoms with van der Waals surface area (Å²) in [6.07, 6.45) is 0.963. The van der Waals surface area contributed by atoms with Crippen molar-refractivity contribution in [3.8, 4) is 0 Å². The Kier molecular flexibility index (Phi) is 3.25. The minimum atomic E-state index is -0.345. The van der Waals surface area contributed by atoms with E-state index in [0.717, 1.165) is 24.3 Å². The first-order valence-corrected chi connectivity index (χ1v) is 6.41. The van der Waals surface area contributed by atoms with Crippen LogP contribution in [0.5, 0.6) is 0 Å². The molecular weight excluding hydrogens is 257 g/mol. The quantitative estimate of drug-likeness (QED) is 0.783. The van der Waals surface area contributed by atoms with Crippen LogP contribution in [0.4, 0.5) is 26.2 Å². The number of amides is 2. The second kappa shape index (κ2) is 5.21. The predicted molar refractivity (Wildman–Crippen MR) is 77.7 cm³/mol. The highest BCUT2D eigenvalue weighted by atomic mass is 19.1. The van der Waals surface area contributed by atoms with Gasteiger partial charge in [0.25, 0.3) is 0 Å². The van der Waals surface area contributed by atoms with Crippen LogP contribution in [0.15, 0.2) is 42.5 Å². The van der Waals surface area contributed by atoms with E-state index in [1.54, 1.807) is 0 Å². The van der Waals surface area contributed by atoms with Gasteiger partial charge < -0.3 is 16.0 Å². The molecule has 0 unspecified atom stereocenters. The molecule has 1 aliphatic heterocycles. The van der Waals surface area contributed by atoms with E-state index in [1.807, 2.05) is 18.2 Å². The normalized spacial score (nSPS) is 12.4. The number of urea groups is 1. The van der Waals surface area contributed by atoms with Gasteiger partial charge in [-0.15, -0.1) is 0 Å². The molecule has 1 heterocycles. The molecule has 2 aromatic rings. The van der Waals surface area contributed by atoms with E-state index in [-0.39, 0.29) is 11.8 Å². The SMILES string of the molecule is O=C(Nc1ccc(F)cc1)Nc1ccc2c(c1)CCN2. The molecule has 0 saturated heterocycles. The minimum absolute atomic E-state index is 0.331.